The molecule has 106 valence electrons. The minimum atomic E-state index is -1.05. The number of aliphatic hydroxyl groups excluding tert-OH is 1. The van der Waals surface area contributed by atoms with E-state index in [-0.39, 0.29) is 18.2 Å². The largest absolute Gasteiger partial charge is 0.476 e. The van der Waals surface area contributed by atoms with Crippen LogP contribution in [0, 0.1) is 0 Å². The van der Waals surface area contributed by atoms with Crippen LogP contribution in [0.2, 0.25) is 0 Å². The van der Waals surface area contributed by atoms with Crippen LogP contribution in [0.1, 0.15) is 49.4 Å². The number of hydrogen-bond donors (Lipinski definition) is 2. The maximum Gasteiger partial charge on any atom is 0.356 e. The molecule has 19 heavy (non-hydrogen) atoms. The third-order valence-electron chi connectivity index (χ3n) is 2.82. The van der Waals surface area contributed by atoms with Gasteiger partial charge in [0.15, 0.2) is 5.69 Å². The highest BCUT2D eigenvalue weighted by molar-refractivity contribution is 5.92. The predicted octanol–water partition coefficient (Wildman–Crippen LogP) is 1.51. The summed E-state index contributed by atoms with van der Waals surface area (Å²) in [7, 11) is 0. The van der Waals surface area contributed by atoms with Crippen molar-refractivity contribution >= 4 is 11.7 Å². The van der Waals surface area contributed by atoms with Crippen molar-refractivity contribution in [1.29, 1.82) is 0 Å². The molecule has 0 amide bonds. The van der Waals surface area contributed by atoms with E-state index in [1.165, 1.54) is 0 Å². The Morgan fingerprint density at radius 3 is 2.63 bits per heavy atom. The van der Waals surface area contributed by atoms with Crippen molar-refractivity contribution in [1.82, 2.24) is 9.97 Å². The molecule has 0 aliphatic heterocycles. The monoisotopic (exact) mass is 267 g/mol. The van der Waals surface area contributed by atoms with Gasteiger partial charge < -0.3 is 15.1 Å². The van der Waals surface area contributed by atoms with Gasteiger partial charge in [0.05, 0.1) is 11.9 Å². The Morgan fingerprint density at radius 1 is 1.47 bits per heavy atom. The van der Waals surface area contributed by atoms with E-state index < -0.39 is 5.97 Å². The molecule has 0 atom stereocenters. The molecule has 0 radical (unpaired) electrons. The fraction of sp³-hybridized carbons (Fsp3) is 0.615. The van der Waals surface area contributed by atoms with Gasteiger partial charge in [-0.15, -0.1) is 0 Å². The second-order valence-corrected chi connectivity index (χ2v) is 4.58. The van der Waals surface area contributed by atoms with Gasteiger partial charge in [-0.1, -0.05) is 13.8 Å². The van der Waals surface area contributed by atoms with Crippen molar-refractivity contribution in [3.8, 4) is 0 Å². The Kier molecular flexibility index (Phi) is 5.69. The summed E-state index contributed by atoms with van der Waals surface area (Å²) in [6.45, 7) is 7.07. The summed E-state index contributed by atoms with van der Waals surface area (Å²) >= 11 is 0. The quantitative estimate of drug-likeness (QED) is 0.778. The first kappa shape index (κ1) is 15.4. The molecule has 0 fully saturated rings. The fourth-order valence-corrected chi connectivity index (χ4v) is 1.77. The van der Waals surface area contributed by atoms with E-state index in [0.29, 0.717) is 31.0 Å². The van der Waals surface area contributed by atoms with Crippen molar-refractivity contribution in [2.45, 2.75) is 33.1 Å². The van der Waals surface area contributed by atoms with Crippen LogP contribution in [0.25, 0.3) is 0 Å². The molecule has 1 aromatic heterocycles. The van der Waals surface area contributed by atoms with Gasteiger partial charge in [-0.05, 0) is 13.3 Å². The summed E-state index contributed by atoms with van der Waals surface area (Å²) in [5.41, 5.74) is 0.534. The number of hydrogen-bond acceptors (Lipinski definition) is 5. The standard InChI is InChI=1S/C13H21N3O3/c1-4-16(6-5-7-17)10-8-14-12(9(2)3)15-11(10)13(18)19/h8-9,17H,4-7H2,1-3H3,(H,18,19). The number of rotatable bonds is 7. The highest BCUT2D eigenvalue weighted by Crippen LogP contribution is 2.20. The van der Waals surface area contributed by atoms with E-state index in [0.717, 1.165) is 0 Å². The summed E-state index contributed by atoms with van der Waals surface area (Å²) in [5, 5.41) is 18.2. The lowest BCUT2D eigenvalue weighted by Gasteiger charge is -2.23. The smallest absolute Gasteiger partial charge is 0.356 e. The molecule has 0 bridgehead atoms. The molecule has 1 aromatic rings. The van der Waals surface area contributed by atoms with Gasteiger partial charge >= 0.3 is 5.97 Å². The topological polar surface area (TPSA) is 86.5 Å². The first-order chi connectivity index (χ1) is 9.01. The Hall–Kier alpha value is -1.69. The van der Waals surface area contributed by atoms with Crippen LogP contribution in [-0.2, 0) is 0 Å². The normalized spacial score (nSPS) is 10.8. The first-order valence-electron chi connectivity index (χ1n) is 6.47. The zero-order chi connectivity index (χ0) is 14.4. The van der Waals surface area contributed by atoms with Crippen LogP contribution in [0.3, 0.4) is 0 Å². The van der Waals surface area contributed by atoms with Crippen LogP contribution in [0.15, 0.2) is 6.20 Å². The molecule has 6 nitrogen and oxygen atoms in total. The van der Waals surface area contributed by atoms with E-state index in [1.54, 1.807) is 6.20 Å². The fourth-order valence-electron chi connectivity index (χ4n) is 1.77. The number of aromatic carboxylic acids is 1. The highest BCUT2D eigenvalue weighted by atomic mass is 16.4. The van der Waals surface area contributed by atoms with E-state index in [4.69, 9.17) is 5.11 Å². The molecule has 0 spiro atoms. The van der Waals surface area contributed by atoms with Gasteiger partial charge in [0, 0.05) is 25.6 Å². The number of anilines is 1. The lowest BCUT2D eigenvalue weighted by Crippen LogP contribution is -2.27. The molecule has 0 aliphatic rings. The summed E-state index contributed by atoms with van der Waals surface area (Å²) in [6, 6.07) is 0. The van der Waals surface area contributed by atoms with E-state index in [1.807, 2.05) is 25.7 Å². The first-order valence-corrected chi connectivity index (χ1v) is 6.47. The minimum absolute atomic E-state index is 0.0264. The number of nitrogens with zero attached hydrogens (tertiary/aromatic N) is 3. The number of carboxylic acid groups (broad SMARTS) is 1. The van der Waals surface area contributed by atoms with Gasteiger partial charge in [-0.25, -0.2) is 14.8 Å². The molecule has 1 rings (SSSR count). The predicted molar refractivity (Wildman–Crippen MR) is 72.7 cm³/mol. The number of carbonyl (C=O) groups is 1. The Morgan fingerprint density at radius 2 is 2.16 bits per heavy atom. The van der Waals surface area contributed by atoms with Crippen LogP contribution in [0.5, 0.6) is 0 Å². The van der Waals surface area contributed by atoms with E-state index in [9.17, 15) is 9.90 Å². The molecule has 0 aliphatic carbocycles. The van der Waals surface area contributed by atoms with E-state index in [2.05, 4.69) is 9.97 Å². The SMILES string of the molecule is CCN(CCCO)c1cnc(C(C)C)nc1C(=O)O. The maximum atomic E-state index is 11.3. The summed E-state index contributed by atoms with van der Waals surface area (Å²) in [6.07, 6.45) is 2.14. The summed E-state index contributed by atoms with van der Waals surface area (Å²) in [4.78, 5) is 21.5. The molecule has 6 heteroatoms. The Balaban J connectivity index is 3.14. The highest BCUT2D eigenvalue weighted by Gasteiger charge is 2.19. The molecule has 0 saturated carbocycles. The average molecular weight is 267 g/mol. The van der Waals surface area contributed by atoms with Gasteiger partial charge in [-0.3, -0.25) is 0 Å². The lowest BCUT2D eigenvalue weighted by molar-refractivity contribution is 0.0690. The second kappa shape index (κ2) is 7.04. The number of aliphatic hydroxyl groups is 1. The third kappa shape index (κ3) is 3.89. The molecule has 1 heterocycles. The Bertz CT molecular complexity index is 435. The third-order valence-corrected chi connectivity index (χ3v) is 2.82. The zero-order valence-corrected chi connectivity index (χ0v) is 11.6. The molecule has 2 N–H and O–H groups in total. The van der Waals surface area contributed by atoms with Crippen LogP contribution < -0.4 is 4.90 Å². The van der Waals surface area contributed by atoms with Crippen LogP contribution in [0.4, 0.5) is 5.69 Å². The minimum Gasteiger partial charge on any atom is -0.476 e. The summed E-state index contributed by atoms with van der Waals surface area (Å²) in [5.74, 6) is -0.444. The van der Waals surface area contributed by atoms with Crippen molar-refractivity contribution in [2.24, 2.45) is 0 Å². The average Bonchev–Trinajstić information content (AvgIpc) is 2.39. The molecule has 0 saturated heterocycles. The van der Waals surface area contributed by atoms with Crippen molar-refractivity contribution in [3.05, 3.63) is 17.7 Å². The molecule has 0 unspecified atom stereocenters. The van der Waals surface area contributed by atoms with Crippen molar-refractivity contribution in [2.75, 3.05) is 24.6 Å². The van der Waals surface area contributed by atoms with Gasteiger partial charge in [-0.2, -0.15) is 0 Å². The maximum absolute atomic E-state index is 11.3. The van der Waals surface area contributed by atoms with E-state index >= 15 is 0 Å². The van der Waals surface area contributed by atoms with Gasteiger partial charge in [0.25, 0.3) is 0 Å². The number of aromatic nitrogens is 2. The molecular formula is C13H21N3O3. The summed E-state index contributed by atoms with van der Waals surface area (Å²) < 4.78 is 0. The second-order valence-electron chi connectivity index (χ2n) is 4.58. The molecular weight excluding hydrogens is 246 g/mol. The number of carboxylic acids is 1. The van der Waals surface area contributed by atoms with Crippen molar-refractivity contribution in [3.63, 3.8) is 0 Å². The van der Waals surface area contributed by atoms with Crippen LogP contribution in [-0.4, -0.2) is 45.8 Å². The zero-order valence-electron chi connectivity index (χ0n) is 11.6. The Labute approximate surface area is 113 Å². The van der Waals surface area contributed by atoms with Gasteiger partial charge in [0.2, 0.25) is 0 Å². The van der Waals surface area contributed by atoms with Gasteiger partial charge in [0.1, 0.15) is 5.82 Å². The molecule has 0 aromatic carbocycles. The van der Waals surface area contributed by atoms with Crippen molar-refractivity contribution < 1.29 is 15.0 Å². The van der Waals surface area contributed by atoms with Crippen LogP contribution >= 0.6 is 0 Å². The lowest BCUT2D eigenvalue weighted by atomic mass is 10.2.